The van der Waals surface area contributed by atoms with Crippen LogP contribution in [-0.2, 0) is 6.54 Å². The molecule has 3 heterocycles. The predicted molar refractivity (Wildman–Crippen MR) is 121 cm³/mol. The first-order valence-electron chi connectivity index (χ1n) is 9.06. The number of fused-ring (bicyclic) bond motifs is 1. The molecule has 0 saturated carbocycles. The first kappa shape index (κ1) is 20.5. The summed E-state index contributed by atoms with van der Waals surface area (Å²) < 4.78 is 2.25. The summed E-state index contributed by atoms with van der Waals surface area (Å²) in [5.74, 6) is 0.329. The van der Waals surface area contributed by atoms with Gasteiger partial charge in [0, 0.05) is 16.6 Å². The van der Waals surface area contributed by atoms with Gasteiger partial charge in [0.25, 0.3) is 11.5 Å². The number of thioether (sulfide) groups is 1. The van der Waals surface area contributed by atoms with Crippen molar-refractivity contribution in [1.82, 2.24) is 19.7 Å². The minimum Gasteiger partial charge on any atom is -0.296 e. The first-order chi connectivity index (χ1) is 14.5. The molecule has 0 aliphatic rings. The third kappa shape index (κ3) is 4.38. The fourth-order valence-corrected chi connectivity index (χ4v) is 4.66. The molecule has 4 rings (SSSR count). The number of carbonyl (C=O) groups is 1. The number of anilines is 1. The van der Waals surface area contributed by atoms with E-state index in [0.29, 0.717) is 21.2 Å². The molecule has 1 N–H and O–H groups in total. The van der Waals surface area contributed by atoms with Gasteiger partial charge in [-0.05, 0) is 41.6 Å². The molecular formula is C20H16ClN5O2S2. The highest BCUT2D eigenvalue weighted by molar-refractivity contribution is 8.01. The van der Waals surface area contributed by atoms with Crippen molar-refractivity contribution in [1.29, 1.82) is 0 Å². The van der Waals surface area contributed by atoms with Crippen LogP contribution in [-0.4, -0.2) is 31.4 Å². The van der Waals surface area contributed by atoms with Crippen LogP contribution < -0.4 is 10.9 Å². The molecule has 1 amide bonds. The zero-order chi connectivity index (χ0) is 21.1. The van der Waals surface area contributed by atoms with E-state index in [9.17, 15) is 9.59 Å². The summed E-state index contributed by atoms with van der Waals surface area (Å²) in [6.07, 6.45) is 1.62. The molecule has 152 valence electrons. The molecule has 0 saturated heterocycles. The zero-order valence-corrected chi connectivity index (χ0v) is 18.2. The van der Waals surface area contributed by atoms with Crippen LogP contribution in [0.25, 0.3) is 11.0 Å². The van der Waals surface area contributed by atoms with E-state index in [-0.39, 0.29) is 12.1 Å². The monoisotopic (exact) mass is 457 g/mol. The third-order valence-electron chi connectivity index (χ3n) is 4.24. The van der Waals surface area contributed by atoms with Crippen LogP contribution >= 0.6 is 34.7 Å². The number of rotatable bonds is 6. The number of benzene rings is 1. The van der Waals surface area contributed by atoms with Gasteiger partial charge in [-0.25, -0.2) is 4.98 Å². The van der Waals surface area contributed by atoms with Crippen LogP contribution in [0.15, 0.2) is 57.8 Å². The van der Waals surface area contributed by atoms with Gasteiger partial charge in [-0.2, -0.15) is 0 Å². The van der Waals surface area contributed by atoms with Crippen molar-refractivity contribution < 1.29 is 4.79 Å². The molecular weight excluding hydrogens is 442 g/mol. The van der Waals surface area contributed by atoms with Crippen molar-refractivity contribution in [2.45, 2.75) is 17.8 Å². The molecule has 3 aromatic heterocycles. The molecule has 1 aromatic carbocycles. The third-order valence-corrected chi connectivity index (χ3v) is 6.35. The van der Waals surface area contributed by atoms with Crippen molar-refractivity contribution >= 4 is 56.8 Å². The molecule has 0 aliphatic heterocycles. The molecule has 10 heteroatoms. The number of hydrogen-bond donors (Lipinski definition) is 1. The maximum Gasteiger partial charge on any atom is 0.265 e. The zero-order valence-electron chi connectivity index (χ0n) is 15.8. The molecule has 4 aromatic rings. The van der Waals surface area contributed by atoms with E-state index in [2.05, 4.69) is 20.5 Å². The minimum atomic E-state index is -0.528. The van der Waals surface area contributed by atoms with Crippen LogP contribution in [0.2, 0.25) is 5.02 Å². The van der Waals surface area contributed by atoms with E-state index in [4.69, 9.17) is 11.6 Å². The molecule has 30 heavy (non-hydrogen) atoms. The maximum absolute atomic E-state index is 13.2. The number of nitrogens with one attached hydrogen (secondary N) is 1. The summed E-state index contributed by atoms with van der Waals surface area (Å²) in [6.45, 7) is 2.28. The average molecular weight is 458 g/mol. The van der Waals surface area contributed by atoms with Crippen molar-refractivity contribution in [2.24, 2.45) is 0 Å². The van der Waals surface area contributed by atoms with Crippen molar-refractivity contribution in [3.63, 3.8) is 0 Å². The predicted octanol–water partition coefficient (Wildman–Crippen LogP) is 4.31. The quantitative estimate of drug-likeness (QED) is 0.342. The summed E-state index contributed by atoms with van der Waals surface area (Å²) in [5.41, 5.74) is 0.966. The van der Waals surface area contributed by atoms with Gasteiger partial charge in [-0.3, -0.25) is 19.5 Å². The van der Waals surface area contributed by atoms with Crippen LogP contribution in [0.5, 0.6) is 0 Å². The lowest BCUT2D eigenvalue weighted by Gasteiger charge is -2.12. The molecule has 0 fully saturated rings. The largest absolute Gasteiger partial charge is 0.296 e. The van der Waals surface area contributed by atoms with Gasteiger partial charge < -0.3 is 0 Å². The Morgan fingerprint density at radius 2 is 2.03 bits per heavy atom. The second-order valence-corrected chi connectivity index (χ2v) is 9.18. The standard InChI is InChI=1S/C20H16ClN5O2S2/c1-2-29-20-25-24-19(30-20)23-17(27)15-10-13-4-3-9-22-16(13)26(18(15)28)11-12-5-7-14(21)8-6-12/h3-10H,2,11H2,1H3,(H,23,24,27). The number of pyridine rings is 2. The van der Waals surface area contributed by atoms with Crippen LogP contribution in [0, 0.1) is 0 Å². The Hall–Kier alpha value is -2.75. The first-order valence-corrected chi connectivity index (χ1v) is 11.2. The Kier molecular flexibility index (Phi) is 6.12. The average Bonchev–Trinajstić information content (AvgIpc) is 3.18. The summed E-state index contributed by atoms with van der Waals surface area (Å²) in [6, 6.07) is 12.3. The van der Waals surface area contributed by atoms with Gasteiger partial charge in [-0.15, -0.1) is 10.2 Å². The Balaban J connectivity index is 1.72. The van der Waals surface area contributed by atoms with Gasteiger partial charge in [0.15, 0.2) is 4.34 Å². The number of carbonyl (C=O) groups excluding carboxylic acids is 1. The van der Waals surface area contributed by atoms with Crippen molar-refractivity contribution in [3.8, 4) is 0 Å². The molecule has 0 bridgehead atoms. The van der Waals surface area contributed by atoms with Crippen molar-refractivity contribution in [3.05, 3.63) is 75.2 Å². The van der Waals surface area contributed by atoms with E-state index < -0.39 is 11.5 Å². The van der Waals surface area contributed by atoms with Gasteiger partial charge in [0.2, 0.25) is 5.13 Å². The van der Waals surface area contributed by atoms with Gasteiger partial charge in [0.1, 0.15) is 11.2 Å². The lowest BCUT2D eigenvalue weighted by molar-refractivity contribution is 0.102. The molecule has 7 nitrogen and oxygen atoms in total. The molecule has 0 aliphatic carbocycles. The lowest BCUT2D eigenvalue weighted by Crippen LogP contribution is -2.30. The van der Waals surface area contributed by atoms with Crippen molar-refractivity contribution in [2.75, 3.05) is 11.1 Å². The normalized spacial score (nSPS) is 11.0. The van der Waals surface area contributed by atoms with Crippen LogP contribution in [0.3, 0.4) is 0 Å². The number of hydrogen-bond acceptors (Lipinski definition) is 7. The topological polar surface area (TPSA) is 89.8 Å². The number of nitrogens with zero attached hydrogens (tertiary/aromatic N) is 4. The summed E-state index contributed by atoms with van der Waals surface area (Å²) in [7, 11) is 0. The highest BCUT2D eigenvalue weighted by Crippen LogP contribution is 2.25. The summed E-state index contributed by atoms with van der Waals surface area (Å²) in [5, 5.41) is 12.3. The number of amides is 1. The Bertz CT molecular complexity index is 1270. The van der Waals surface area contributed by atoms with Gasteiger partial charge in [0.05, 0.1) is 6.54 Å². The molecule has 0 spiro atoms. The molecule has 0 radical (unpaired) electrons. The van der Waals surface area contributed by atoms with Crippen LogP contribution in [0.4, 0.5) is 5.13 Å². The van der Waals surface area contributed by atoms with E-state index in [0.717, 1.165) is 15.7 Å². The fourth-order valence-electron chi connectivity index (χ4n) is 2.89. The Morgan fingerprint density at radius 1 is 1.23 bits per heavy atom. The molecule has 0 unspecified atom stereocenters. The van der Waals surface area contributed by atoms with Gasteiger partial charge in [-0.1, -0.05) is 53.8 Å². The smallest absolute Gasteiger partial charge is 0.265 e. The second kappa shape index (κ2) is 8.95. The van der Waals surface area contributed by atoms with E-state index >= 15 is 0 Å². The Morgan fingerprint density at radius 3 is 2.80 bits per heavy atom. The summed E-state index contributed by atoms with van der Waals surface area (Å²) >= 11 is 8.77. The SMILES string of the molecule is CCSc1nnc(NC(=O)c2cc3cccnc3n(Cc3ccc(Cl)cc3)c2=O)s1. The van der Waals surface area contributed by atoms with E-state index in [1.807, 2.05) is 25.1 Å². The van der Waals surface area contributed by atoms with E-state index in [1.54, 1.807) is 30.5 Å². The second-order valence-electron chi connectivity index (χ2n) is 6.25. The molecule has 0 atom stereocenters. The van der Waals surface area contributed by atoms with Crippen LogP contribution in [0.1, 0.15) is 22.8 Å². The number of halogens is 1. The highest BCUT2D eigenvalue weighted by Gasteiger charge is 2.18. The Labute approximate surface area is 185 Å². The summed E-state index contributed by atoms with van der Waals surface area (Å²) in [4.78, 5) is 30.4. The maximum atomic E-state index is 13.2. The minimum absolute atomic E-state index is 0.0179. The van der Waals surface area contributed by atoms with E-state index in [1.165, 1.54) is 27.7 Å². The van der Waals surface area contributed by atoms with Gasteiger partial charge >= 0.3 is 0 Å². The number of aromatic nitrogens is 4. The fraction of sp³-hybridized carbons (Fsp3) is 0.150. The lowest BCUT2D eigenvalue weighted by atomic mass is 10.1. The highest BCUT2D eigenvalue weighted by atomic mass is 35.5.